The third kappa shape index (κ3) is 4.39. The molecule has 0 bridgehead atoms. The summed E-state index contributed by atoms with van der Waals surface area (Å²) in [4.78, 5) is 15.0. The average Bonchev–Trinajstić information content (AvgIpc) is 3.80. The number of nitrogens with zero attached hydrogens (tertiary/aromatic N) is 4. The number of benzene rings is 8. The highest BCUT2D eigenvalue weighted by Gasteiger charge is 2.27. The summed E-state index contributed by atoms with van der Waals surface area (Å²) >= 11 is 0. The lowest BCUT2D eigenvalue weighted by atomic mass is 9.92. The minimum absolute atomic E-state index is 0.609. The quantitative estimate of drug-likeness (QED) is 0.182. The molecule has 0 radical (unpaired) electrons. The largest absolute Gasteiger partial charge is 0.455 e. The summed E-state index contributed by atoms with van der Waals surface area (Å²) in [5.74, 6) is 3.46. The van der Waals surface area contributed by atoms with Gasteiger partial charge in [0, 0.05) is 43.8 Å². The Morgan fingerprint density at radius 1 is 0.400 bits per heavy atom. The van der Waals surface area contributed by atoms with Crippen LogP contribution in [0.1, 0.15) is 0 Å². The molecule has 0 saturated heterocycles. The van der Waals surface area contributed by atoms with Crippen molar-refractivity contribution in [1.29, 1.82) is 0 Å². The molecule has 0 atom stereocenters. The van der Waals surface area contributed by atoms with E-state index in [0.29, 0.717) is 17.5 Å². The van der Waals surface area contributed by atoms with E-state index in [4.69, 9.17) is 24.1 Å². The van der Waals surface area contributed by atoms with Crippen molar-refractivity contribution in [3.05, 3.63) is 170 Å². The Morgan fingerprint density at radius 3 is 1.85 bits per heavy atom. The molecule has 6 nitrogen and oxygen atoms in total. The van der Waals surface area contributed by atoms with E-state index < -0.39 is 0 Å². The van der Waals surface area contributed by atoms with E-state index in [1.54, 1.807) is 0 Å². The van der Waals surface area contributed by atoms with E-state index >= 15 is 0 Å². The molecule has 1 aliphatic heterocycles. The van der Waals surface area contributed by atoms with E-state index in [0.717, 1.165) is 99.5 Å². The second-order valence-corrected chi connectivity index (χ2v) is 13.9. The van der Waals surface area contributed by atoms with Gasteiger partial charge < -0.3 is 13.7 Å². The highest BCUT2D eigenvalue weighted by Crippen LogP contribution is 2.52. The van der Waals surface area contributed by atoms with Gasteiger partial charge in [-0.25, -0.2) is 15.0 Å². The van der Waals surface area contributed by atoms with Crippen LogP contribution in [0.2, 0.25) is 0 Å². The molecule has 55 heavy (non-hydrogen) atoms. The van der Waals surface area contributed by atoms with Crippen LogP contribution in [0.15, 0.2) is 174 Å². The first kappa shape index (κ1) is 29.9. The van der Waals surface area contributed by atoms with Crippen molar-refractivity contribution in [3.8, 4) is 62.5 Å². The predicted octanol–water partition coefficient (Wildman–Crippen LogP) is 12.8. The third-order valence-electron chi connectivity index (χ3n) is 10.9. The van der Waals surface area contributed by atoms with Crippen molar-refractivity contribution in [2.45, 2.75) is 0 Å². The molecule has 0 unspecified atom stereocenters. The van der Waals surface area contributed by atoms with Gasteiger partial charge in [-0.2, -0.15) is 0 Å². The van der Waals surface area contributed by atoms with E-state index in [1.807, 2.05) is 72.8 Å². The first-order chi connectivity index (χ1) is 27.3. The van der Waals surface area contributed by atoms with Gasteiger partial charge >= 0.3 is 0 Å². The molecule has 0 fully saturated rings. The number of furan rings is 1. The zero-order valence-electron chi connectivity index (χ0n) is 29.3. The lowest BCUT2D eigenvalue weighted by molar-refractivity contribution is 0.485. The van der Waals surface area contributed by atoms with Crippen molar-refractivity contribution < 1.29 is 9.15 Å². The Kier molecular flexibility index (Phi) is 6.24. The van der Waals surface area contributed by atoms with Crippen LogP contribution in [0.3, 0.4) is 0 Å². The van der Waals surface area contributed by atoms with Crippen LogP contribution >= 0.6 is 0 Å². The molecular formula is C49H28N4O2. The van der Waals surface area contributed by atoms with Gasteiger partial charge in [0.25, 0.3) is 0 Å². The van der Waals surface area contributed by atoms with Gasteiger partial charge in [0.15, 0.2) is 23.2 Å². The summed E-state index contributed by atoms with van der Waals surface area (Å²) in [6, 6.07) is 58.3. The molecule has 12 rings (SSSR count). The van der Waals surface area contributed by atoms with Crippen molar-refractivity contribution in [2.24, 2.45) is 0 Å². The number of rotatable bonds is 4. The number of aromatic nitrogens is 4. The van der Waals surface area contributed by atoms with Gasteiger partial charge in [0.1, 0.15) is 16.9 Å². The fourth-order valence-electron chi connectivity index (χ4n) is 8.43. The van der Waals surface area contributed by atoms with Crippen LogP contribution in [0, 0.1) is 0 Å². The van der Waals surface area contributed by atoms with Crippen molar-refractivity contribution in [3.63, 3.8) is 0 Å². The van der Waals surface area contributed by atoms with Crippen LogP contribution in [-0.4, -0.2) is 19.5 Å². The predicted molar refractivity (Wildman–Crippen MR) is 221 cm³/mol. The Balaban J connectivity index is 1.07. The Labute approximate surface area is 314 Å². The Hall–Kier alpha value is -7.57. The molecule has 4 heterocycles. The first-order valence-electron chi connectivity index (χ1n) is 18.4. The molecule has 11 aromatic rings. The molecule has 0 N–H and O–H groups in total. The Bertz CT molecular complexity index is 3290. The number of hydrogen-bond donors (Lipinski definition) is 0. The summed E-state index contributed by atoms with van der Waals surface area (Å²) in [5.41, 5.74) is 9.78. The normalized spacial score (nSPS) is 12.1. The van der Waals surface area contributed by atoms with Gasteiger partial charge in [-0.3, -0.25) is 0 Å². The van der Waals surface area contributed by atoms with E-state index in [-0.39, 0.29) is 0 Å². The van der Waals surface area contributed by atoms with Gasteiger partial charge in [0.05, 0.1) is 22.1 Å². The highest BCUT2D eigenvalue weighted by atomic mass is 16.5. The highest BCUT2D eigenvalue weighted by molar-refractivity contribution is 6.24. The molecule has 0 aliphatic carbocycles. The van der Waals surface area contributed by atoms with Crippen LogP contribution in [-0.2, 0) is 0 Å². The molecule has 3 aromatic heterocycles. The second-order valence-electron chi connectivity index (χ2n) is 13.9. The van der Waals surface area contributed by atoms with Gasteiger partial charge in [-0.15, -0.1) is 0 Å². The smallest absolute Gasteiger partial charge is 0.164 e. The minimum atomic E-state index is 0.609. The third-order valence-corrected chi connectivity index (χ3v) is 10.9. The topological polar surface area (TPSA) is 66.0 Å². The van der Waals surface area contributed by atoms with Crippen molar-refractivity contribution >= 4 is 54.5 Å². The maximum atomic E-state index is 7.02. The number of hydrogen-bond acceptors (Lipinski definition) is 5. The average molecular weight is 705 g/mol. The SMILES string of the molecule is c1ccc(-c2nc(-c3ccccc3)nc(-c3ccc4c5c(cccc35)-c3cccc(-n5c6ccccc6c6c7oc8ccccc8c7ccc65)c3O4)n2)cc1. The van der Waals surface area contributed by atoms with Crippen LogP contribution < -0.4 is 4.74 Å². The number of ether oxygens (including phenoxy) is 1. The van der Waals surface area contributed by atoms with Crippen molar-refractivity contribution in [1.82, 2.24) is 19.5 Å². The zero-order valence-corrected chi connectivity index (χ0v) is 29.3. The summed E-state index contributed by atoms with van der Waals surface area (Å²) in [6.07, 6.45) is 0. The maximum Gasteiger partial charge on any atom is 0.164 e. The summed E-state index contributed by atoms with van der Waals surface area (Å²) in [7, 11) is 0. The lowest BCUT2D eigenvalue weighted by Gasteiger charge is -2.25. The zero-order chi connectivity index (χ0) is 36.0. The molecule has 1 aliphatic rings. The Morgan fingerprint density at radius 2 is 1.05 bits per heavy atom. The monoisotopic (exact) mass is 704 g/mol. The van der Waals surface area contributed by atoms with Crippen molar-refractivity contribution in [2.75, 3.05) is 0 Å². The standard InChI is InChI=1S/C49H28N4O2/c1-3-13-29(14-4-1)47-50-48(30-15-5-2-6-16-30)52-49(51-47)36-26-28-42-43-32(19-11-20-33(36)43)34-21-12-23-40(45(34)55-42)53-38-22-9-7-18-37(38)44-39(53)27-25-35-31-17-8-10-24-41(31)54-46(35)44/h1-28H. The van der Waals surface area contributed by atoms with E-state index in [1.165, 1.54) is 0 Å². The molecule has 6 heteroatoms. The fraction of sp³-hybridized carbons (Fsp3) is 0. The number of para-hydroxylation sites is 3. The maximum absolute atomic E-state index is 7.02. The van der Waals surface area contributed by atoms with Gasteiger partial charge in [-0.1, -0.05) is 127 Å². The fourth-order valence-corrected chi connectivity index (χ4v) is 8.43. The van der Waals surface area contributed by atoms with E-state index in [9.17, 15) is 0 Å². The summed E-state index contributed by atoms with van der Waals surface area (Å²) < 4.78 is 15.9. The summed E-state index contributed by atoms with van der Waals surface area (Å²) in [5, 5.41) is 6.49. The van der Waals surface area contributed by atoms with Gasteiger partial charge in [0.2, 0.25) is 0 Å². The molecular weight excluding hydrogens is 677 g/mol. The summed E-state index contributed by atoms with van der Waals surface area (Å²) in [6.45, 7) is 0. The van der Waals surface area contributed by atoms with Gasteiger partial charge in [-0.05, 0) is 53.4 Å². The second kappa shape index (κ2) is 11.5. The number of fused-ring (bicyclic) bond motifs is 9. The van der Waals surface area contributed by atoms with E-state index in [2.05, 4.69) is 102 Å². The molecule has 0 amide bonds. The molecule has 0 saturated carbocycles. The molecule has 0 spiro atoms. The lowest BCUT2D eigenvalue weighted by Crippen LogP contribution is -2.04. The minimum Gasteiger partial charge on any atom is -0.455 e. The molecule has 256 valence electrons. The van der Waals surface area contributed by atoms with Crippen LogP contribution in [0.25, 0.3) is 105 Å². The van der Waals surface area contributed by atoms with Crippen LogP contribution in [0.5, 0.6) is 11.5 Å². The van der Waals surface area contributed by atoms with Crippen LogP contribution in [0.4, 0.5) is 0 Å². The first-order valence-corrected chi connectivity index (χ1v) is 18.4. The molecule has 8 aromatic carbocycles.